The second-order valence-corrected chi connectivity index (χ2v) is 5.68. The summed E-state index contributed by atoms with van der Waals surface area (Å²) in [6, 6.07) is 3.71. The van der Waals surface area contributed by atoms with Gasteiger partial charge in [0.05, 0.1) is 21.8 Å². The van der Waals surface area contributed by atoms with Crippen LogP contribution in [0.25, 0.3) is 0 Å². The summed E-state index contributed by atoms with van der Waals surface area (Å²) in [4.78, 5) is 0. The van der Waals surface area contributed by atoms with Crippen LogP contribution in [0.2, 0.25) is 0 Å². The van der Waals surface area contributed by atoms with Crippen LogP contribution < -0.4 is 4.74 Å². The molecule has 0 amide bonds. The standard InChI is InChI=1S/C13H17Br2NO2/c1-2-3-4-5-6-18-13-11(14)7-10(9-16-17)8-12(13)15/h7-9,17H,2-6H2,1H3/b16-9+. The molecule has 100 valence electrons. The van der Waals surface area contributed by atoms with E-state index in [0.717, 1.165) is 26.7 Å². The van der Waals surface area contributed by atoms with Gasteiger partial charge in [-0.2, -0.15) is 0 Å². The Kier molecular flexibility index (Phi) is 7.35. The average Bonchev–Trinajstić information content (AvgIpc) is 2.32. The molecule has 0 saturated carbocycles. The molecule has 1 N–H and O–H groups in total. The monoisotopic (exact) mass is 377 g/mol. The van der Waals surface area contributed by atoms with Gasteiger partial charge in [-0.3, -0.25) is 0 Å². The third-order valence-corrected chi connectivity index (χ3v) is 3.65. The van der Waals surface area contributed by atoms with Crippen LogP contribution in [0.4, 0.5) is 0 Å². The van der Waals surface area contributed by atoms with Crippen molar-refractivity contribution in [3.63, 3.8) is 0 Å². The van der Waals surface area contributed by atoms with E-state index in [1.54, 1.807) is 0 Å². The van der Waals surface area contributed by atoms with Crippen molar-refractivity contribution >= 4 is 38.1 Å². The molecule has 0 aliphatic heterocycles. The predicted octanol–water partition coefficient (Wildman–Crippen LogP) is 4.98. The van der Waals surface area contributed by atoms with Crippen molar-refractivity contribution in [2.75, 3.05) is 6.61 Å². The maximum absolute atomic E-state index is 8.50. The van der Waals surface area contributed by atoms with E-state index >= 15 is 0 Å². The number of hydrogen-bond acceptors (Lipinski definition) is 3. The smallest absolute Gasteiger partial charge is 0.147 e. The van der Waals surface area contributed by atoms with Crippen LogP contribution in [0, 0.1) is 0 Å². The van der Waals surface area contributed by atoms with Crippen molar-refractivity contribution in [2.24, 2.45) is 5.16 Å². The number of halogens is 2. The first-order valence-electron chi connectivity index (χ1n) is 5.98. The summed E-state index contributed by atoms with van der Waals surface area (Å²) >= 11 is 6.91. The zero-order valence-electron chi connectivity index (χ0n) is 10.3. The van der Waals surface area contributed by atoms with Crippen molar-refractivity contribution in [3.05, 3.63) is 26.6 Å². The van der Waals surface area contributed by atoms with Crippen LogP contribution >= 0.6 is 31.9 Å². The van der Waals surface area contributed by atoms with Gasteiger partial charge >= 0.3 is 0 Å². The molecule has 1 aromatic rings. The molecule has 0 spiro atoms. The van der Waals surface area contributed by atoms with E-state index in [-0.39, 0.29) is 0 Å². The van der Waals surface area contributed by atoms with E-state index in [9.17, 15) is 0 Å². The zero-order valence-corrected chi connectivity index (χ0v) is 13.5. The fourth-order valence-corrected chi connectivity index (χ4v) is 3.01. The molecule has 0 bridgehead atoms. The Morgan fingerprint density at radius 2 is 1.89 bits per heavy atom. The van der Waals surface area contributed by atoms with E-state index in [1.165, 1.54) is 25.5 Å². The highest BCUT2D eigenvalue weighted by Gasteiger charge is 2.08. The highest BCUT2D eigenvalue weighted by molar-refractivity contribution is 9.11. The number of nitrogens with zero attached hydrogens (tertiary/aromatic N) is 1. The normalized spacial score (nSPS) is 11.1. The lowest BCUT2D eigenvalue weighted by Crippen LogP contribution is -1.99. The molecule has 0 aromatic heterocycles. The summed E-state index contributed by atoms with van der Waals surface area (Å²) in [5, 5.41) is 11.5. The van der Waals surface area contributed by atoms with Crippen molar-refractivity contribution in [1.82, 2.24) is 0 Å². The molecular weight excluding hydrogens is 362 g/mol. The Hall–Kier alpha value is -0.550. The van der Waals surface area contributed by atoms with Gasteiger partial charge < -0.3 is 9.94 Å². The Balaban J connectivity index is 2.60. The summed E-state index contributed by atoms with van der Waals surface area (Å²) in [5.41, 5.74) is 0.801. The Morgan fingerprint density at radius 3 is 2.44 bits per heavy atom. The first kappa shape index (κ1) is 15.5. The molecule has 1 rings (SSSR count). The summed E-state index contributed by atoms with van der Waals surface area (Å²) in [7, 11) is 0. The lowest BCUT2D eigenvalue weighted by molar-refractivity contribution is 0.301. The predicted molar refractivity (Wildman–Crippen MR) is 80.9 cm³/mol. The average molecular weight is 379 g/mol. The van der Waals surface area contributed by atoms with Gasteiger partial charge in [0.1, 0.15) is 5.75 Å². The summed E-state index contributed by atoms with van der Waals surface area (Å²) in [6.07, 6.45) is 6.11. The lowest BCUT2D eigenvalue weighted by Gasteiger charge is -2.11. The summed E-state index contributed by atoms with van der Waals surface area (Å²) in [6.45, 7) is 2.90. The first-order chi connectivity index (χ1) is 8.69. The number of ether oxygens (including phenoxy) is 1. The highest BCUT2D eigenvalue weighted by atomic mass is 79.9. The largest absolute Gasteiger partial charge is 0.491 e. The van der Waals surface area contributed by atoms with Crippen LogP contribution in [0.15, 0.2) is 26.2 Å². The number of hydrogen-bond donors (Lipinski definition) is 1. The van der Waals surface area contributed by atoms with Crippen LogP contribution in [0.5, 0.6) is 5.75 Å². The number of benzene rings is 1. The van der Waals surface area contributed by atoms with E-state index in [1.807, 2.05) is 12.1 Å². The molecule has 3 nitrogen and oxygen atoms in total. The Morgan fingerprint density at radius 1 is 1.22 bits per heavy atom. The molecule has 0 aliphatic carbocycles. The fraction of sp³-hybridized carbons (Fsp3) is 0.462. The van der Waals surface area contributed by atoms with E-state index < -0.39 is 0 Å². The Labute approximate surface area is 124 Å². The zero-order chi connectivity index (χ0) is 13.4. The topological polar surface area (TPSA) is 41.8 Å². The SMILES string of the molecule is CCCCCCOc1c(Br)cc(/C=N/O)cc1Br. The first-order valence-corrected chi connectivity index (χ1v) is 7.57. The molecule has 0 heterocycles. The van der Waals surface area contributed by atoms with Gasteiger partial charge in [-0.1, -0.05) is 31.3 Å². The van der Waals surface area contributed by atoms with Gasteiger partial charge in [-0.15, -0.1) is 0 Å². The van der Waals surface area contributed by atoms with Crippen LogP contribution in [0.1, 0.15) is 38.2 Å². The Bertz CT molecular complexity index is 385. The van der Waals surface area contributed by atoms with Crippen molar-refractivity contribution in [2.45, 2.75) is 32.6 Å². The maximum atomic E-state index is 8.50. The van der Waals surface area contributed by atoms with Crippen molar-refractivity contribution < 1.29 is 9.94 Å². The molecule has 18 heavy (non-hydrogen) atoms. The van der Waals surface area contributed by atoms with E-state index in [2.05, 4.69) is 43.9 Å². The fourth-order valence-electron chi connectivity index (χ4n) is 1.56. The van der Waals surface area contributed by atoms with Gasteiger partial charge in [0.15, 0.2) is 0 Å². The lowest BCUT2D eigenvalue weighted by atomic mass is 10.2. The van der Waals surface area contributed by atoms with Gasteiger partial charge in [0.25, 0.3) is 0 Å². The second-order valence-electron chi connectivity index (χ2n) is 3.97. The molecule has 5 heteroatoms. The molecule has 0 unspecified atom stereocenters. The summed E-state index contributed by atoms with van der Waals surface area (Å²) < 4.78 is 7.45. The highest BCUT2D eigenvalue weighted by Crippen LogP contribution is 2.34. The minimum Gasteiger partial charge on any atom is -0.491 e. The molecule has 1 aromatic carbocycles. The van der Waals surface area contributed by atoms with E-state index in [4.69, 9.17) is 9.94 Å². The number of oxime groups is 1. The third-order valence-electron chi connectivity index (χ3n) is 2.47. The van der Waals surface area contributed by atoms with E-state index in [0.29, 0.717) is 6.61 Å². The quantitative estimate of drug-likeness (QED) is 0.314. The van der Waals surface area contributed by atoms with Gasteiger partial charge in [-0.05, 0) is 56.0 Å². The second kappa shape index (κ2) is 8.53. The van der Waals surface area contributed by atoms with Crippen LogP contribution in [0.3, 0.4) is 0 Å². The van der Waals surface area contributed by atoms with Crippen molar-refractivity contribution in [1.29, 1.82) is 0 Å². The van der Waals surface area contributed by atoms with Gasteiger partial charge in [0, 0.05) is 0 Å². The van der Waals surface area contributed by atoms with Crippen molar-refractivity contribution in [3.8, 4) is 5.75 Å². The third kappa shape index (κ3) is 4.98. The number of rotatable bonds is 7. The van der Waals surface area contributed by atoms with Gasteiger partial charge in [-0.25, -0.2) is 0 Å². The maximum Gasteiger partial charge on any atom is 0.147 e. The van der Waals surface area contributed by atoms with Gasteiger partial charge in [0.2, 0.25) is 0 Å². The van der Waals surface area contributed by atoms with Crippen LogP contribution in [-0.2, 0) is 0 Å². The molecule has 0 radical (unpaired) electrons. The number of unbranched alkanes of at least 4 members (excludes halogenated alkanes) is 3. The molecule has 0 aliphatic rings. The minimum absolute atomic E-state index is 0.713. The molecule has 0 saturated heterocycles. The minimum atomic E-state index is 0.713. The van der Waals surface area contributed by atoms with Crippen LogP contribution in [-0.4, -0.2) is 18.0 Å². The molecule has 0 fully saturated rings. The summed E-state index contributed by atoms with van der Waals surface area (Å²) in [5.74, 6) is 0.793. The molecular formula is C13H17Br2NO2. The molecule has 0 atom stereocenters.